The molecule has 2 aromatic rings. The lowest BCUT2D eigenvalue weighted by Crippen LogP contribution is -2.52. The van der Waals surface area contributed by atoms with E-state index in [1.165, 1.54) is 12.1 Å². The van der Waals surface area contributed by atoms with E-state index in [0.29, 0.717) is 56.5 Å². The predicted octanol–water partition coefficient (Wildman–Crippen LogP) is 3.22. The van der Waals surface area contributed by atoms with Crippen molar-refractivity contribution >= 4 is 23.6 Å². The van der Waals surface area contributed by atoms with Gasteiger partial charge in [0.05, 0.1) is 6.54 Å². The van der Waals surface area contributed by atoms with E-state index in [-0.39, 0.29) is 29.7 Å². The summed E-state index contributed by atoms with van der Waals surface area (Å²) in [5.74, 6) is 1.08. The van der Waals surface area contributed by atoms with Crippen molar-refractivity contribution in [2.24, 2.45) is 0 Å². The number of nitrogens with zero attached hydrogens (tertiary/aromatic N) is 5. The van der Waals surface area contributed by atoms with E-state index >= 15 is 0 Å². The molecule has 0 bridgehead atoms. The number of aromatic nitrogens is 2. The summed E-state index contributed by atoms with van der Waals surface area (Å²) in [6.45, 7) is 10.6. The summed E-state index contributed by atoms with van der Waals surface area (Å²) in [6, 6.07) is 6.74. The molecule has 8 nitrogen and oxygen atoms in total. The minimum absolute atomic E-state index is 0.0493. The summed E-state index contributed by atoms with van der Waals surface area (Å²) in [5.41, 5.74) is 1.88. The van der Waals surface area contributed by atoms with Gasteiger partial charge in [0.1, 0.15) is 17.3 Å². The highest BCUT2D eigenvalue weighted by Crippen LogP contribution is 2.33. The molecule has 1 unspecified atom stereocenters. The highest BCUT2D eigenvalue weighted by Gasteiger charge is 2.39. The van der Waals surface area contributed by atoms with Crippen molar-refractivity contribution in [1.82, 2.24) is 19.8 Å². The van der Waals surface area contributed by atoms with Gasteiger partial charge >= 0.3 is 0 Å². The van der Waals surface area contributed by atoms with Gasteiger partial charge in [0.2, 0.25) is 11.9 Å². The first kappa shape index (κ1) is 23.5. The number of halogens is 1. The summed E-state index contributed by atoms with van der Waals surface area (Å²) >= 11 is 0. The molecule has 2 fully saturated rings. The van der Waals surface area contributed by atoms with E-state index in [0.717, 1.165) is 17.5 Å². The highest BCUT2D eigenvalue weighted by molar-refractivity contribution is 5.98. The molecule has 35 heavy (non-hydrogen) atoms. The Hall–Kier alpha value is -3.23. The minimum Gasteiger partial charge on any atom is -0.364 e. The van der Waals surface area contributed by atoms with Gasteiger partial charge in [-0.2, -0.15) is 4.98 Å². The molecular formula is C26H33FN6O2. The molecule has 2 amide bonds. The van der Waals surface area contributed by atoms with Crippen molar-refractivity contribution in [3.8, 4) is 0 Å². The van der Waals surface area contributed by atoms with Gasteiger partial charge in [0.15, 0.2) is 0 Å². The second-order valence-corrected chi connectivity index (χ2v) is 10.8. The van der Waals surface area contributed by atoms with Gasteiger partial charge in [0.25, 0.3) is 5.91 Å². The minimum atomic E-state index is -0.401. The maximum Gasteiger partial charge on any atom is 0.273 e. The van der Waals surface area contributed by atoms with Gasteiger partial charge in [-0.25, -0.2) is 9.37 Å². The lowest BCUT2D eigenvalue weighted by molar-refractivity contribution is -0.129. The Morgan fingerprint density at radius 1 is 1.14 bits per heavy atom. The SMILES string of the molecule is CC(C)N1Cc2c(NC(C)(C)Cc3ccc(F)cc3)nc(N3CCN4C(=O)CCC4C3)nc2C1=O. The fourth-order valence-corrected chi connectivity index (χ4v) is 5.36. The fourth-order valence-electron chi connectivity index (χ4n) is 5.36. The zero-order chi connectivity index (χ0) is 24.9. The number of hydrogen-bond donors (Lipinski definition) is 1. The number of hydrogen-bond acceptors (Lipinski definition) is 6. The average molecular weight is 481 g/mol. The van der Waals surface area contributed by atoms with Crippen LogP contribution in [0.2, 0.25) is 0 Å². The van der Waals surface area contributed by atoms with Crippen LogP contribution < -0.4 is 10.2 Å². The third-order valence-electron chi connectivity index (χ3n) is 7.20. The second-order valence-electron chi connectivity index (χ2n) is 10.8. The van der Waals surface area contributed by atoms with Crippen molar-refractivity contribution in [3.05, 3.63) is 46.9 Å². The number of anilines is 2. The molecule has 4 heterocycles. The summed E-state index contributed by atoms with van der Waals surface area (Å²) in [4.78, 5) is 40.9. The van der Waals surface area contributed by atoms with Crippen LogP contribution in [-0.2, 0) is 17.8 Å². The normalized spacial score (nSPS) is 20.1. The average Bonchev–Trinajstić information content (AvgIpc) is 3.35. The molecule has 0 aliphatic carbocycles. The van der Waals surface area contributed by atoms with Crippen LogP contribution in [0.3, 0.4) is 0 Å². The summed E-state index contributed by atoms with van der Waals surface area (Å²) in [6.07, 6.45) is 2.10. The highest BCUT2D eigenvalue weighted by atomic mass is 19.1. The third kappa shape index (κ3) is 4.56. The van der Waals surface area contributed by atoms with Crippen molar-refractivity contribution in [2.75, 3.05) is 29.9 Å². The van der Waals surface area contributed by atoms with Gasteiger partial charge in [-0.1, -0.05) is 12.1 Å². The number of benzene rings is 1. The van der Waals surface area contributed by atoms with E-state index in [1.54, 1.807) is 12.1 Å². The number of nitrogens with one attached hydrogen (secondary N) is 1. The first-order chi connectivity index (χ1) is 16.6. The monoisotopic (exact) mass is 480 g/mol. The smallest absolute Gasteiger partial charge is 0.273 e. The van der Waals surface area contributed by atoms with Crippen LogP contribution in [-0.4, -0.2) is 68.8 Å². The lowest BCUT2D eigenvalue weighted by Gasteiger charge is -2.38. The van der Waals surface area contributed by atoms with E-state index in [4.69, 9.17) is 9.97 Å². The summed E-state index contributed by atoms with van der Waals surface area (Å²) in [7, 11) is 0. The van der Waals surface area contributed by atoms with Crippen LogP contribution in [0.4, 0.5) is 16.2 Å². The van der Waals surface area contributed by atoms with Crippen LogP contribution >= 0.6 is 0 Å². The molecule has 1 aromatic carbocycles. The molecule has 3 aliphatic heterocycles. The van der Waals surface area contributed by atoms with Crippen LogP contribution in [0.1, 0.15) is 62.2 Å². The Labute approximate surface area is 205 Å². The van der Waals surface area contributed by atoms with Crippen molar-refractivity contribution < 1.29 is 14.0 Å². The molecule has 5 rings (SSSR count). The van der Waals surface area contributed by atoms with Gasteiger partial charge in [-0.15, -0.1) is 0 Å². The molecule has 1 atom stereocenters. The van der Waals surface area contributed by atoms with E-state index in [2.05, 4.69) is 24.1 Å². The van der Waals surface area contributed by atoms with Crippen LogP contribution in [0.25, 0.3) is 0 Å². The van der Waals surface area contributed by atoms with Gasteiger partial charge in [0, 0.05) is 49.2 Å². The third-order valence-corrected chi connectivity index (χ3v) is 7.20. The molecule has 0 spiro atoms. The quantitative estimate of drug-likeness (QED) is 0.684. The molecule has 0 radical (unpaired) electrons. The molecule has 3 aliphatic rings. The zero-order valence-corrected chi connectivity index (χ0v) is 20.8. The maximum absolute atomic E-state index is 13.4. The van der Waals surface area contributed by atoms with Crippen LogP contribution in [0, 0.1) is 5.82 Å². The Morgan fingerprint density at radius 2 is 1.89 bits per heavy atom. The topological polar surface area (TPSA) is 81.7 Å². The van der Waals surface area contributed by atoms with Gasteiger partial charge < -0.3 is 20.0 Å². The Morgan fingerprint density at radius 3 is 2.60 bits per heavy atom. The van der Waals surface area contributed by atoms with Gasteiger partial charge in [-0.05, 0) is 58.2 Å². The number of amides is 2. The van der Waals surface area contributed by atoms with Gasteiger partial charge in [-0.3, -0.25) is 9.59 Å². The summed E-state index contributed by atoms with van der Waals surface area (Å²) < 4.78 is 13.4. The molecule has 0 saturated carbocycles. The molecular weight excluding hydrogens is 447 g/mol. The molecule has 186 valence electrons. The van der Waals surface area contributed by atoms with E-state index in [9.17, 15) is 14.0 Å². The van der Waals surface area contributed by atoms with Crippen LogP contribution in [0.5, 0.6) is 0 Å². The van der Waals surface area contributed by atoms with Crippen LogP contribution in [0.15, 0.2) is 24.3 Å². The number of piperazine rings is 1. The van der Waals surface area contributed by atoms with Crippen molar-refractivity contribution in [3.63, 3.8) is 0 Å². The Bertz CT molecular complexity index is 1150. The standard InChI is InChI=1S/C26H33FN6O2/c1-16(2)33-15-20-22(24(33)35)28-25(31-11-12-32-19(14-31)9-10-21(32)34)29-23(20)30-26(3,4)13-17-5-7-18(27)8-6-17/h5-8,16,19H,9-15H2,1-4H3,(H,28,29,30). The fraction of sp³-hybridized carbons (Fsp3) is 0.538. The predicted molar refractivity (Wildman–Crippen MR) is 132 cm³/mol. The second kappa shape index (κ2) is 8.77. The number of fused-ring (bicyclic) bond motifs is 2. The first-order valence-corrected chi connectivity index (χ1v) is 12.4. The number of carbonyl (C=O) groups is 2. The lowest BCUT2D eigenvalue weighted by atomic mass is 9.94. The number of carbonyl (C=O) groups excluding carboxylic acids is 2. The molecule has 1 N–H and O–H groups in total. The Kier molecular flexibility index (Phi) is 5.89. The molecule has 2 saturated heterocycles. The van der Waals surface area contributed by atoms with Crippen molar-refractivity contribution in [1.29, 1.82) is 0 Å². The maximum atomic E-state index is 13.4. The summed E-state index contributed by atoms with van der Waals surface area (Å²) in [5, 5.41) is 3.58. The number of rotatable bonds is 6. The molecule has 9 heteroatoms. The molecule has 1 aromatic heterocycles. The van der Waals surface area contributed by atoms with E-state index < -0.39 is 5.54 Å². The Balaban J connectivity index is 1.46. The zero-order valence-electron chi connectivity index (χ0n) is 20.8. The van der Waals surface area contributed by atoms with E-state index in [1.807, 2.05) is 23.6 Å². The van der Waals surface area contributed by atoms with Crippen molar-refractivity contribution in [2.45, 2.75) is 71.1 Å². The first-order valence-electron chi connectivity index (χ1n) is 12.4. The largest absolute Gasteiger partial charge is 0.364 e.